The summed E-state index contributed by atoms with van der Waals surface area (Å²) >= 11 is 1.79. The summed E-state index contributed by atoms with van der Waals surface area (Å²) in [5, 5.41) is 3.44. The summed E-state index contributed by atoms with van der Waals surface area (Å²) in [5.74, 6) is 0.750. The molecule has 16 heavy (non-hydrogen) atoms. The molecule has 0 radical (unpaired) electrons. The van der Waals surface area contributed by atoms with Gasteiger partial charge >= 0.3 is 0 Å². The Bertz CT molecular complexity index is 354. The molecule has 2 aliphatic rings. The number of aromatic nitrogens is 1. The van der Waals surface area contributed by atoms with Crippen molar-refractivity contribution in [2.75, 3.05) is 0 Å². The van der Waals surface area contributed by atoms with E-state index in [-0.39, 0.29) is 17.9 Å². The van der Waals surface area contributed by atoms with Crippen molar-refractivity contribution in [3.05, 3.63) is 16.1 Å². The van der Waals surface area contributed by atoms with Gasteiger partial charge in [0.25, 0.3) is 0 Å². The average Bonchev–Trinajstić information content (AvgIpc) is 2.71. The molecule has 2 fully saturated rings. The smallest absolute Gasteiger partial charge is 0.113 e. The Morgan fingerprint density at radius 3 is 2.50 bits per heavy atom. The van der Waals surface area contributed by atoms with E-state index in [4.69, 9.17) is 10.7 Å². The summed E-state index contributed by atoms with van der Waals surface area (Å²) in [4.78, 5) is 4.78. The Hall–Kier alpha value is -0.120. The van der Waals surface area contributed by atoms with Crippen LogP contribution < -0.4 is 5.73 Å². The minimum Gasteiger partial charge on any atom is -0.319 e. The van der Waals surface area contributed by atoms with Crippen LogP contribution in [0.5, 0.6) is 0 Å². The predicted molar refractivity (Wildman–Crippen MR) is 70.3 cm³/mol. The van der Waals surface area contributed by atoms with Gasteiger partial charge in [-0.1, -0.05) is 19.3 Å². The molecule has 0 aliphatic heterocycles. The van der Waals surface area contributed by atoms with Gasteiger partial charge in [-0.15, -0.1) is 23.7 Å². The number of thiazole rings is 1. The molecule has 2 nitrogen and oxygen atoms in total. The molecule has 3 rings (SSSR count). The lowest BCUT2D eigenvalue weighted by Gasteiger charge is -2.24. The molecule has 90 valence electrons. The van der Waals surface area contributed by atoms with Gasteiger partial charge in [-0.2, -0.15) is 0 Å². The summed E-state index contributed by atoms with van der Waals surface area (Å²) in [5.41, 5.74) is 7.64. The van der Waals surface area contributed by atoms with E-state index in [0.29, 0.717) is 0 Å². The lowest BCUT2D eigenvalue weighted by molar-refractivity contribution is 0.406. The van der Waals surface area contributed by atoms with Crippen molar-refractivity contribution < 1.29 is 0 Å². The first-order valence-corrected chi connectivity index (χ1v) is 6.91. The molecule has 0 unspecified atom stereocenters. The topological polar surface area (TPSA) is 38.9 Å². The lowest BCUT2D eigenvalue weighted by atomic mass is 9.83. The maximum absolute atomic E-state index is 6.40. The van der Waals surface area contributed by atoms with E-state index in [0.717, 1.165) is 18.8 Å². The summed E-state index contributed by atoms with van der Waals surface area (Å²) in [7, 11) is 0. The van der Waals surface area contributed by atoms with E-state index in [1.54, 1.807) is 11.3 Å². The van der Waals surface area contributed by atoms with Crippen LogP contribution in [0.4, 0.5) is 0 Å². The summed E-state index contributed by atoms with van der Waals surface area (Å²) in [6, 6.07) is 0. The van der Waals surface area contributed by atoms with Gasteiger partial charge in [-0.05, 0) is 25.7 Å². The van der Waals surface area contributed by atoms with E-state index in [2.05, 4.69) is 5.38 Å². The standard InChI is InChI=1S/C12H18N2S.ClH/c13-12(6-1-2-7-12)11-14-10(8-15-11)9-4-3-5-9;/h8-9H,1-7,13H2;1H. The third-order valence-electron chi connectivity index (χ3n) is 3.97. The van der Waals surface area contributed by atoms with Crippen molar-refractivity contribution in [3.8, 4) is 0 Å². The highest BCUT2D eigenvalue weighted by Crippen LogP contribution is 2.41. The molecule has 2 aliphatic carbocycles. The van der Waals surface area contributed by atoms with E-state index in [1.807, 2.05) is 0 Å². The molecule has 0 saturated heterocycles. The second-order valence-corrected chi connectivity index (χ2v) is 5.93. The number of rotatable bonds is 2. The van der Waals surface area contributed by atoms with Crippen LogP contribution in [0, 0.1) is 0 Å². The Balaban J connectivity index is 0.000000963. The molecule has 1 aromatic rings. The first-order chi connectivity index (χ1) is 7.28. The molecule has 4 heteroatoms. The highest BCUT2D eigenvalue weighted by molar-refractivity contribution is 7.09. The van der Waals surface area contributed by atoms with Crippen LogP contribution in [0.2, 0.25) is 0 Å². The summed E-state index contributed by atoms with van der Waals surface area (Å²) in [6.07, 6.45) is 8.85. The number of nitrogens with two attached hydrogens (primary N) is 1. The average molecular weight is 259 g/mol. The molecular formula is C12H19ClN2S. The number of hydrogen-bond donors (Lipinski definition) is 1. The Labute approximate surface area is 107 Å². The zero-order valence-electron chi connectivity index (χ0n) is 9.45. The summed E-state index contributed by atoms with van der Waals surface area (Å²) in [6.45, 7) is 0. The fourth-order valence-corrected chi connectivity index (χ4v) is 3.70. The minimum absolute atomic E-state index is 0. The van der Waals surface area contributed by atoms with E-state index in [1.165, 1.54) is 42.8 Å². The van der Waals surface area contributed by atoms with Gasteiger partial charge in [-0.25, -0.2) is 4.98 Å². The van der Waals surface area contributed by atoms with E-state index < -0.39 is 0 Å². The highest BCUT2D eigenvalue weighted by atomic mass is 35.5. The van der Waals surface area contributed by atoms with Gasteiger partial charge in [0.05, 0.1) is 11.2 Å². The lowest BCUT2D eigenvalue weighted by Crippen LogP contribution is -2.33. The molecule has 0 aromatic carbocycles. The van der Waals surface area contributed by atoms with Crippen LogP contribution in [0.1, 0.15) is 61.6 Å². The van der Waals surface area contributed by atoms with Crippen LogP contribution in [-0.2, 0) is 5.54 Å². The quantitative estimate of drug-likeness (QED) is 0.881. The van der Waals surface area contributed by atoms with Gasteiger partial charge < -0.3 is 5.73 Å². The van der Waals surface area contributed by atoms with Crippen molar-refractivity contribution in [2.45, 2.75) is 56.4 Å². The van der Waals surface area contributed by atoms with Crippen molar-refractivity contribution >= 4 is 23.7 Å². The Kier molecular flexibility index (Phi) is 3.57. The van der Waals surface area contributed by atoms with Crippen LogP contribution >= 0.6 is 23.7 Å². The van der Waals surface area contributed by atoms with Crippen molar-refractivity contribution in [3.63, 3.8) is 0 Å². The highest BCUT2D eigenvalue weighted by Gasteiger charge is 2.35. The molecule has 1 heterocycles. The maximum atomic E-state index is 6.40. The fourth-order valence-electron chi connectivity index (χ4n) is 2.63. The third-order valence-corrected chi connectivity index (χ3v) is 5.05. The van der Waals surface area contributed by atoms with Crippen LogP contribution in [0.25, 0.3) is 0 Å². The molecule has 0 spiro atoms. The normalized spacial score (nSPS) is 23.8. The van der Waals surface area contributed by atoms with Gasteiger partial charge in [0.1, 0.15) is 5.01 Å². The summed E-state index contributed by atoms with van der Waals surface area (Å²) < 4.78 is 0. The van der Waals surface area contributed by atoms with Crippen molar-refractivity contribution in [1.29, 1.82) is 0 Å². The van der Waals surface area contributed by atoms with Gasteiger partial charge in [0, 0.05) is 11.3 Å². The molecular weight excluding hydrogens is 240 g/mol. The largest absolute Gasteiger partial charge is 0.319 e. The number of nitrogens with zero attached hydrogens (tertiary/aromatic N) is 1. The molecule has 2 N–H and O–H groups in total. The van der Waals surface area contributed by atoms with E-state index >= 15 is 0 Å². The van der Waals surface area contributed by atoms with Gasteiger partial charge in [0.2, 0.25) is 0 Å². The van der Waals surface area contributed by atoms with Crippen molar-refractivity contribution in [1.82, 2.24) is 4.98 Å². The fraction of sp³-hybridized carbons (Fsp3) is 0.750. The van der Waals surface area contributed by atoms with Crippen LogP contribution in [0.3, 0.4) is 0 Å². The van der Waals surface area contributed by atoms with Crippen molar-refractivity contribution in [2.24, 2.45) is 5.73 Å². The zero-order chi connectivity index (χ0) is 10.3. The number of halogens is 1. The van der Waals surface area contributed by atoms with Gasteiger partial charge in [-0.3, -0.25) is 0 Å². The number of hydrogen-bond acceptors (Lipinski definition) is 3. The van der Waals surface area contributed by atoms with E-state index in [9.17, 15) is 0 Å². The Morgan fingerprint density at radius 1 is 1.25 bits per heavy atom. The first kappa shape index (κ1) is 12.3. The Morgan fingerprint density at radius 2 is 1.94 bits per heavy atom. The second-order valence-electron chi connectivity index (χ2n) is 5.07. The molecule has 1 aromatic heterocycles. The molecule has 0 amide bonds. The van der Waals surface area contributed by atoms with Crippen LogP contribution in [0.15, 0.2) is 5.38 Å². The molecule has 2 saturated carbocycles. The molecule has 0 atom stereocenters. The third kappa shape index (κ3) is 2.01. The second kappa shape index (κ2) is 4.63. The maximum Gasteiger partial charge on any atom is 0.113 e. The van der Waals surface area contributed by atoms with Gasteiger partial charge in [0.15, 0.2) is 0 Å². The minimum atomic E-state index is -0.0767. The van der Waals surface area contributed by atoms with Crippen LogP contribution in [-0.4, -0.2) is 4.98 Å². The monoisotopic (exact) mass is 258 g/mol. The first-order valence-electron chi connectivity index (χ1n) is 6.03. The zero-order valence-corrected chi connectivity index (χ0v) is 11.1. The molecule has 0 bridgehead atoms. The SMILES string of the molecule is Cl.NC1(c2nc(C3CCC3)cs2)CCCC1. The predicted octanol–water partition coefficient (Wildman–Crippen LogP) is 3.56.